The third kappa shape index (κ3) is 27.0. The molecule has 0 atom stereocenters. The highest BCUT2D eigenvalue weighted by Gasteiger charge is 2.31. The molecule has 0 saturated carbocycles. The van der Waals surface area contributed by atoms with E-state index in [9.17, 15) is 19.2 Å². The molecule has 4 aromatic heterocycles. The lowest BCUT2D eigenvalue weighted by molar-refractivity contribution is 0.0513. The number of nitrogens with zero attached hydrogens (tertiary/aromatic N) is 12. The van der Waals surface area contributed by atoms with Crippen molar-refractivity contribution < 1.29 is 57.1 Å². The summed E-state index contributed by atoms with van der Waals surface area (Å²) < 4.78 is 58.0. The summed E-state index contributed by atoms with van der Waals surface area (Å²) in [6.07, 6.45) is 5.54. The zero-order valence-corrected chi connectivity index (χ0v) is 71.8. The van der Waals surface area contributed by atoms with E-state index in [-0.39, 0.29) is 76.5 Å². The molecule has 8 rings (SSSR count). The Morgan fingerprint density at radius 3 is 0.699 bits per heavy atom. The Bertz CT molecular complexity index is 4280. The summed E-state index contributed by atoms with van der Waals surface area (Å²) in [5.41, 5.74) is 10.1. The van der Waals surface area contributed by atoms with Crippen LogP contribution in [0.25, 0.3) is 0 Å². The van der Waals surface area contributed by atoms with Crippen LogP contribution in [0.3, 0.4) is 0 Å². The van der Waals surface area contributed by atoms with Crippen LogP contribution in [0, 0.1) is 13.8 Å². The van der Waals surface area contributed by atoms with Crippen molar-refractivity contribution in [2.24, 2.45) is 0 Å². The van der Waals surface area contributed by atoms with Gasteiger partial charge in [0.15, 0.2) is 0 Å². The number of alkyl carbamates (subject to hydrolysis) is 4. The first kappa shape index (κ1) is 88.3. The van der Waals surface area contributed by atoms with Crippen molar-refractivity contribution in [3.8, 4) is 23.0 Å². The molecule has 4 aromatic carbocycles. The van der Waals surface area contributed by atoms with Crippen molar-refractivity contribution in [3.05, 3.63) is 163 Å². The van der Waals surface area contributed by atoms with Crippen molar-refractivity contribution in [3.63, 3.8) is 0 Å². The largest absolute Gasteiger partial charge is 0.487 e. The Hall–Kier alpha value is -10.3. The molecule has 0 aliphatic rings. The fourth-order valence-electron chi connectivity index (χ4n) is 12.3. The summed E-state index contributed by atoms with van der Waals surface area (Å²) in [4.78, 5) is 51.3. The molecule has 0 unspecified atom stereocenters. The zero-order valence-electron chi connectivity index (χ0n) is 71.8. The summed E-state index contributed by atoms with van der Waals surface area (Å²) in [5.74, 6) is 2.61. The fraction of sp³-hybridized carbons (Fsp3) is 0.576. The zero-order chi connectivity index (χ0) is 83.4. The summed E-state index contributed by atoms with van der Waals surface area (Å²) in [6.45, 7) is 54.8. The van der Waals surface area contributed by atoms with E-state index in [2.05, 4.69) is 208 Å². The molecule has 0 aliphatic heterocycles. The number of carbonyl (C=O) groups excluding carboxylic acids is 4. The molecule has 28 nitrogen and oxygen atoms in total. The second-order valence-electron chi connectivity index (χ2n) is 37.0. The van der Waals surface area contributed by atoms with E-state index in [0.717, 1.165) is 66.8 Å². The van der Waals surface area contributed by atoms with Gasteiger partial charge in [-0.15, -0.1) is 20.4 Å². The summed E-state index contributed by atoms with van der Waals surface area (Å²) >= 11 is 0. The lowest BCUT2D eigenvalue weighted by atomic mass is 9.80. The number of aromatic nitrogens is 12. The van der Waals surface area contributed by atoms with Crippen LogP contribution < -0.4 is 40.2 Å². The maximum Gasteiger partial charge on any atom is 0.407 e. The number of rotatable bonds is 30. The van der Waals surface area contributed by atoms with Crippen LogP contribution in [-0.2, 0) is 112 Å². The lowest BCUT2D eigenvalue weighted by Crippen LogP contribution is -2.34. The number of carbonyl (C=O) groups is 4. The number of ether oxygens (including phenoxy) is 8. The molecule has 4 heterocycles. The molecule has 0 aliphatic carbocycles. The van der Waals surface area contributed by atoms with Gasteiger partial charge in [-0.2, -0.15) is 0 Å². The number of nitrogens with one attached hydrogen (secondary N) is 4. The molecule has 8 aromatic rings. The average Bonchev–Trinajstić information content (AvgIpc) is 1.28. The van der Waals surface area contributed by atoms with Gasteiger partial charge in [-0.3, -0.25) is 0 Å². The Labute approximate surface area is 667 Å². The van der Waals surface area contributed by atoms with Crippen molar-refractivity contribution in [2.75, 3.05) is 26.2 Å². The van der Waals surface area contributed by atoms with E-state index in [4.69, 9.17) is 37.9 Å². The Morgan fingerprint density at radius 2 is 0.496 bits per heavy atom. The predicted octanol–water partition coefficient (Wildman–Crippen LogP) is 15.0. The van der Waals surface area contributed by atoms with E-state index in [1.807, 2.05) is 83.1 Å². The molecule has 0 saturated heterocycles. The smallest absolute Gasteiger partial charge is 0.407 e. The Balaban J connectivity index is 1.31. The van der Waals surface area contributed by atoms with Gasteiger partial charge in [0, 0.05) is 45.4 Å². The summed E-state index contributed by atoms with van der Waals surface area (Å²) in [7, 11) is 0. The average molecular weight is 1560 g/mol. The second kappa shape index (κ2) is 36.2. The molecule has 616 valence electrons. The van der Waals surface area contributed by atoms with E-state index in [0.29, 0.717) is 78.1 Å². The molecule has 0 fully saturated rings. The van der Waals surface area contributed by atoms with Gasteiger partial charge in [-0.1, -0.05) is 152 Å². The summed E-state index contributed by atoms with van der Waals surface area (Å²) in [6, 6.07) is 17.8. The molecule has 0 spiro atoms. The topological polar surface area (TPSA) is 313 Å². The van der Waals surface area contributed by atoms with Gasteiger partial charge in [0.05, 0.1) is 73.7 Å². The first-order chi connectivity index (χ1) is 52.4. The molecule has 4 N–H and O–H groups in total. The van der Waals surface area contributed by atoms with Crippen LogP contribution in [0.5, 0.6) is 23.0 Å². The number of hydrogen-bond acceptors (Lipinski definition) is 20. The van der Waals surface area contributed by atoms with Gasteiger partial charge >= 0.3 is 24.4 Å². The van der Waals surface area contributed by atoms with Crippen LogP contribution >= 0.6 is 0 Å². The first-order valence-corrected chi connectivity index (χ1v) is 38.9. The highest BCUT2D eigenvalue weighted by atomic mass is 16.6. The van der Waals surface area contributed by atoms with E-state index >= 15 is 0 Å². The van der Waals surface area contributed by atoms with Gasteiger partial charge in [0.2, 0.25) is 0 Å². The molecule has 4 amide bonds. The highest BCUT2D eigenvalue weighted by molar-refractivity contribution is 5.69. The third-order valence-electron chi connectivity index (χ3n) is 18.0. The first-order valence-electron chi connectivity index (χ1n) is 38.9. The number of aryl methyl sites for hydroxylation is 2. The Morgan fingerprint density at radius 1 is 0.301 bits per heavy atom. The SMILES string of the molecule is Cc1cc(C(C)(C)C)cc(Cc2cc(C(C)(C)C)cc(Cc3cc(C(C)(C)C)cc(Cc4cc(C(C)(C)C)cc(C)c4OCc4cnnn4CCNC(=O)OC(C)(C)C)c3OCc3cnnn3CCNC(=O)OC(C)(C)C)c2OCc2cnnn2CCNC(=O)OC(C)(C)C)c1OCc1cnnn1CCNC(=O)OC(C)(C)C. The molecular weight excluding hydrogens is 1440 g/mol. The highest BCUT2D eigenvalue weighted by Crippen LogP contribution is 2.44. The number of amides is 4. The molecule has 0 radical (unpaired) electrons. The molecule has 28 heteroatoms. The van der Waals surface area contributed by atoms with Crippen molar-refractivity contribution in [2.45, 2.75) is 296 Å². The van der Waals surface area contributed by atoms with Crippen LogP contribution in [0.1, 0.15) is 256 Å². The summed E-state index contributed by atoms with van der Waals surface area (Å²) in [5, 5.41) is 46.4. The lowest BCUT2D eigenvalue weighted by Gasteiger charge is -2.28. The molecular formula is C85H124N16O12. The minimum atomic E-state index is -0.695. The van der Waals surface area contributed by atoms with Gasteiger partial charge in [-0.05, 0) is 185 Å². The minimum Gasteiger partial charge on any atom is -0.487 e. The van der Waals surface area contributed by atoms with E-state index < -0.39 is 57.6 Å². The van der Waals surface area contributed by atoms with Crippen LogP contribution in [-0.4, -0.2) is 133 Å². The number of hydrogen-bond donors (Lipinski definition) is 4. The van der Waals surface area contributed by atoms with Crippen molar-refractivity contribution >= 4 is 24.4 Å². The molecule has 0 bridgehead atoms. The van der Waals surface area contributed by atoms with Gasteiger partial charge in [-0.25, -0.2) is 37.9 Å². The normalized spacial score (nSPS) is 12.5. The monoisotopic (exact) mass is 1560 g/mol. The van der Waals surface area contributed by atoms with Gasteiger partial charge < -0.3 is 59.2 Å². The van der Waals surface area contributed by atoms with Crippen LogP contribution in [0.2, 0.25) is 0 Å². The maximum absolute atomic E-state index is 12.9. The van der Waals surface area contributed by atoms with E-state index in [1.165, 1.54) is 0 Å². The third-order valence-corrected chi connectivity index (χ3v) is 18.0. The quantitative estimate of drug-likeness (QED) is 0.0304. The van der Waals surface area contributed by atoms with Crippen LogP contribution in [0.15, 0.2) is 73.3 Å². The maximum atomic E-state index is 12.9. The predicted molar refractivity (Wildman–Crippen MR) is 433 cm³/mol. The van der Waals surface area contributed by atoms with Gasteiger partial charge in [0.1, 0.15) is 71.8 Å². The van der Waals surface area contributed by atoms with Crippen LogP contribution in [0.4, 0.5) is 19.2 Å². The number of benzene rings is 4. The van der Waals surface area contributed by atoms with Crippen molar-refractivity contribution in [1.82, 2.24) is 81.2 Å². The second-order valence-corrected chi connectivity index (χ2v) is 37.0. The van der Waals surface area contributed by atoms with Crippen molar-refractivity contribution in [1.29, 1.82) is 0 Å². The Kier molecular flexibility index (Phi) is 28.3. The standard InChI is InChI=1S/C85H124N16O12/c1-54-35-62(78(3,4)5)40-56(70(54)106-50-66-46-90-94-98(66)31-27-86-74(102)110-82(15,16)17)37-58-42-64(80(9,10)11)44-60(72(58)108-52-68-48-92-96-100(68)33-29-88-76(104)112-84(21,22)23)39-61-45-65(81(12,13)14)43-59(73(61)109-53-69-49-93-97-101(69)34-30-89-77(105)113-85(24,25)26)38-57-41-63(79(6,7)8)36-55(2)71(57)107-51-67-47-91-95-99(67)32-28-87-75(103)111-83(18,19)20/h35-36,40-49H,27-34,37-39,50-53H2,1-26H3,(H,86,102)(H,87,103)(H,88,104)(H,89,105). The fourth-order valence-corrected chi connectivity index (χ4v) is 12.3. The minimum absolute atomic E-state index is 0.0287. The van der Waals surface area contributed by atoms with Gasteiger partial charge in [0.25, 0.3) is 0 Å². The molecule has 113 heavy (non-hydrogen) atoms. The van der Waals surface area contributed by atoms with E-state index in [1.54, 1.807) is 43.5 Å².